The van der Waals surface area contributed by atoms with E-state index in [-0.39, 0.29) is 24.7 Å². The Kier molecular flexibility index (Phi) is 16.0. The number of aliphatic hydroxyl groups is 1. The van der Waals surface area contributed by atoms with Crippen LogP contribution in [0.3, 0.4) is 0 Å². The number of nitrogens with zero attached hydrogens (tertiary/aromatic N) is 11. The largest absolute Gasteiger partial charge is 0.490 e. The van der Waals surface area contributed by atoms with E-state index in [1.165, 1.54) is 0 Å². The number of anilines is 3. The third-order valence-corrected chi connectivity index (χ3v) is 14.4. The molecule has 3 fully saturated rings. The number of rotatable bonds is 18. The molecule has 0 bridgehead atoms. The van der Waals surface area contributed by atoms with Crippen molar-refractivity contribution in [1.29, 1.82) is 5.26 Å². The fourth-order valence-corrected chi connectivity index (χ4v) is 10.2. The number of hydrogen-bond acceptors (Lipinski definition) is 15. The molecule has 3 aliphatic heterocycles. The molecular formula is C52H64ClN13O4. The number of hydrogen-bond donors (Lipinski definition) is 3. The van der Waals surface area contributed by atoms with E-state index in [4.69, 9.17) is 31.3 Å². The SMILES string of the molecule is C=C(CO)[C@@H]1CCCCN1c1cc(NCc2ccc(OCCN3CCN(CC4CCN(c5ccc(C(=O)NC6=CC[C@H](Oc7ccc(C#N)c(Cl)c7)CC6)nn5)CC4)CC3)nc2)n2ncc(CC)c2n1. The highest BCUT2D eigenvalue weighted by molar-refractivity contribution is 6.31. The van der Waals surface area contributed by atoms with E-state index < -0.39 is 0 Å². The standard InChI is InChI=1S/C52H64ClN13O4/c1-3-39-33-57-66-48(29-49(59-51(39)66)65-19-5-4-6-46(65)36(2)35-67)55-31-38-7-16-50(56-32-38)69-27-26-62-22-24-63(25-23-62)34-37-17-20-64(21-18-37)47-15-14-45(60-61-47)52(68)58-41-9-12-42(13-10-41)70-43-11-8-40(30-54)44(53)28-43/h7-9,11,14-16,28-29,32-33,37,42,46,55,67H,2-6,10,12-13,17-27,31,34-35H2,1H3,(H,58,68)/t42-,46-/m0/s1. The number of benzene rings is 1. The topological polar surface area (TPSA) is 185 Å². The van der Waals surface area contributed by atoms with Crippen molar-refractivity contribution in [2.75, 3.05) is 87.2 Å². The van der Waals surface area contributed by atoms with Crippen LogP contribution in [0.25, 0.3) is 5.65 Å². The van der Waals surface area contributed by atoms with E-state index in [2.05, 4.69) is 82.2 Å². The van der Waals surface area contributed by atoms with Crippen LogP contribution < -0.4 is 29.9 Å². The second kappa shape index (κ2) is 23.1. The maximum Gasteiger partial charge on any atom is 0.275 e. The molecule has 7 heterocycles. The molecule has 3 saturated heterocycles. The molecule has 0 spiro atoms. The summed E-state index contributed by atoms with van der Waals surface area (Å²) in [6.07, 6.45) is 13.9. The van der Waals surface area contributed by atoms with Crippen molar-refractivity contribution in [2.24, 2.45) is 5.92 Å². The third-order valence-electron chi connectivity index (χ3n) is 14.1. The fraction of sp³-hybridized carbons (Fsp3) is 0.481. The summed E-state index contributed by atoms with van der Waals surface area (Å²) >= 11 is 6.16. The Hall–Kier alpha value is -6.32. The molecular weight excluding hydrogens is 906 g/mol. The van der Waals surface area contributed by atoms with E-state index in [0.717, 1.165) is 149 Å². The Morgan fingerprint density at radius 3 is 2.51 bits per heavy atom. The number of carbonyl (C=O) groups excluding carboxylic acids is 1. The van der Waals surface area contributed by atoms with E-state index >= 15 is 0 Å². The number of allylic oxidation sites excluding steroid dienone is 1. The molecule has 0 saturated carbocycles. The van der Waals surface area contributed by atoms with Gasteiger partial charge in [-0.1, -0.05) is 37.2 Å². The molecule has 9 rings (SSSR count). The number of halogens is 1. The predicted octanol–water partition coefficient (Wildman–Crippen LogP) is 6.68. The van der Waals surface area contributed by atoms with Gasteiger partial charge < -0.3 is 39.9 Å². The van der Waals surface area contributed by atoms with Gasteiger partial charge in [-0.15, -0.1) is 10.2 Å². The maximum absolute atomic E-state index is 13.0. The third kappa shape index (κ3) is 12.0. The van der Waals surface area contributed by atoms with Crippen molar-refractivity contribution in [1.82, 2.24) is 44.9 Å². The van der Waals surface area contributed by atoms with E-state index in [0.29, 0.717) is 59.8 Å². The zero-order valence-electron chi connectivity index (χ0n) is 40.1. The Morgan fingerprint density at radius 1 is 0.957 bits per heavy atom. The normalized spacial score (nSPS) is 19.4. The number of piperazine rings is 1. The monoisotopic (exact) mass is 969 g/mol. The van der Waals surface area contributed by atoms with Crippen LogP contribution in [0, 0.1) is 17.2 Å². The summed E-state index contributed by atoms with van der Waals surface area (Å²) in [5, 5.41) is 39.4. The van der Waals surface area contributed by atoms with Gasteiger partial charge in [-0.25, -0.2) is 9.97 Å². The number of ether oxygens (including phenoxy) is 2. The molecule has 1 aliphatic carbocycles. The van der Waals surface area contributed by atoms with Gasteiger partial charge in [0.15, 0.2) is 17.2 Å². The lowest BCUT2D eigenvalue weighted by Gasteiger charge is -2.39. The number of piperidine rings is 2. The molecule has 4 aromatic heterocycles. The molecule has 1 aromatic carbocycles. The lowest BCUT2D eigenvalue weighted by Crippen LogP contribution is -2.49. The molecule has 0 radical (unpaired) electrons. The number of aryl methyl sites for hydroxylation is 1. The maximum atomic E-state index is 13.0. The van der Waals surface area contributed by atoms with Crippen LogP contribution in [0.15, 0.2) is 84.8 Å². The predicted molar refractivity (Wildman–Crippen MR) is 270 cm³/mol. The number of nitrogens with one attached hydrogen (secondary N) is 2. The summed E-state index contributed by atoms with van der Waals surface area (Å²) in [5.41, 5.74) is 5.34. The minimum absolute atomic E-state index is 0.0301. The highest BCUT2D eigenvalue weighted by atomic mass is 35.5. The first-order valence-electron chi connectivity index (χ1n) is 24.9. The van der Waals surface area contributed by atoms with E-state index in [9.17, 15) is 9.90 Å². The van der Waals surface area contributed by atoms with Gasteiger partial charge in [-0.2, -0.15) is 14.9 Å². The van der Waals surface area contributed by atoms with Crippen molar-refractivity contribution < 1.29 is 19.4 Å². The van der Waals surface area contributed by atoms with Crippen LogP contribution in [0.5, 0.6) is 11.6 Å². The zero-order chi connectivity index (χ0) is 48.4. The van der Waals surface area contributed by atoms with Crippen LogP contribution >= 0.6 is 11.6 Å². The number of amides is 1. The average molecular weight is 971 g/mol. The van der Waals surface area contributed by atoms with Crippen molar-refractivity contribution >= 4 is 40.6 Å². The first kappa shape index (κ1) is 48.7. The van der Waals surface area contributed by atoms with Gasteiger partial charge in [0.2, 0.25) is 5.88 Å². The van der Waals surface area contributed by atoms with Crippen molar-refractivity contribution in [3.63, 3.8) is 0 Å². The minimum Gasteiger partial charge on any atom is -0.490 e. The number of fused-ring (bicyclic) bond motifs is 1. The molecule has 2 atom stereocenters. The van der Waals surface area contributed by atoms with Gasteiger partial charge in [-0.3, -0.25) is 9.69 Å². The molecule has 17 nitrogen and oxygen atoms in total. The first-order valence-corrected chi connectivity index (χ1v) is 25.3. The zero-order valence-corrected chi connectivity index (χ0v) is 40.9. The Labute approximate surface area is 415 Å². The van der Waals surface area contributed by atoms with Gasteiger partial charge in [0.1, 0.15) is 36.2 Å². The van der Waals surface area contributed by atoms with Gasteiger partial charge in [-0.05, 0) is 92.7 Å². The van der Waals surface area contributed by atoms with Gasteiger partial charge in [0, 0.05) is 108 Å². The molecule has 18 heteroatoms. The van der Waals surface area contributed by atoms with E-state index in [1.54, 1.807) is 24.3 Å². The Morgan fingerprint density at radius 2 is 1.80 bits per heavy atom. The molecule has 4 aliphatic rings. The Bertz CT molecular complexity index is 2660. The minimum atomic E-state index is -0.267. The lowest BCUT2D eigenvalue weighted by molar-refractivity contribution is 0.0954. The number of aromatic nitrogens is 6. The van der Waals surface area contributed by atoms with Gasteiger partial charge in [0.05, 0.1) is 29.4 Å². The van der Waals surface area contributed by atoms with Crippen LogP contribution in [-0.2, 0) is 13.0 Å². The highest BCUT2D eigenvalue weighted by Crippen LogP contribution is 2.31. The molecule has 1 amide bonds. The number of carbonyl (C=O) groups is 1. The quantitative estimate of drug-likeness (QED) is 0.0790. The average Bonchev–Trinajstić information content (AvgIpc) is 3.83. The molecule has 0 unspecified atom stereocenters. The summed E-state index contributed by atoms with van der Waals surface area (Å²) in [6.45, 7) is 16.2. The molecule has 70 heavy (non-hydrogen) atoms. The van der Waals surface area contributed by atoms with Gasteiger partial charge in [0.25, 0.3) is 5.91 Å². The van der Waals surface area contributed by atoms with Gasteiger partial charge >= 0.3 is 0 Å². The second-order valence-electron chi connectivity index (χ2n) is 18.8. The lowest BCUT2D eigenvalue weighted by atomic mass is 9.96. The number of pyridine rings is 1. The summed E-state index contributed by atoms with van der Waals surface area (Å²) in [4.78, 5) is 32.3. The molecule has 368 valence electrons. The molecule has 5 aromatic rings. The van der Waals surface area contributed by atoms with E-state index in [1.807, 2.05) is 35.1 Å². The van der Waals surface area contributed by atoms with Crippen LogP contribution in [0.2, 0.25) is 5.02 Å². The molecule has 3 N–H and O–H groups in total. The first-order chi connectivity index (χ1) is 34.2. The van der Waals surface area contributed by atoms with Crippen LogP contribution in [0.1, 0.15) is 85.5 Å². The summed E-state index contributed by atoms with van der Waals surface area (Å²) in [5.74, 6) is 4.15. The number of aliphatic hydroxyl groups excluding tert-OH is 1. The number of nitriles is 1. The smallest absolute Gasteiger partial charge is 0.275 e. The van der Waals surface area contributed by atoms with Crippen molar-refractivity contribution in [2.45, 2.75) is 83.4 Å². The van der Waals surface area contributed by atoms with Crippen molar-refractivity contribution in [3.05, 3.63) is 112 Å². The highest BCUT2D eigenvalue weighted by Gasteiger charge is 2.28. The summed E-state index contributed by atoms with van der Waals surface area (Å²) < 4.78 is 14.0. The summed E-state index contributed by atoms with van der Waals surface area (Å²) in [7, 11) is 0. The van der Waals surface area contributed by atoms with Crippen LogP contribution in [0.4, 0.5) is 17.5 Å². The second-order valence-corrected chi connectivity index (χ2v) is 19.2. The summed E-state index contributed by atoms with van der Waals surface area (Å²) in [6, 6.07) is 16.9. The fourth-order valence-electron chi connectivity index (χ4n) is 9.94. The Balaban J connectivity index is 0.660. The van der Waals surface area contributed by atoms with Crippen LogP contribution in [-0.4, -0.2) is 135 Å². The van der Waals surface area contributed by atoms with Crippen molar-refractivity contribution in [3.8, 4) is 17.7 Å².